The van der Waals surface area contributed by atoms with Crippen molar-refractivity contribution < 1.29 is 14.3 Å². The van der Waals surface area contributed by atoms with Crippen LogP contribution in [-0.4, -0.2) is 28.4 Å². The number of ether oxygens (including phenoxy) is 1. The molecule has 2 aliphatic heterocycles. The number of amides is 1. The molecule has 8 heteroatoms. The van der Waals surface area contributed by atoms with E-state index in [9.17, 15) is 9.59 Å². The predicted octanol–water partition coefficient (Wildman–Crippen LogP) is 5.16. The maximum atomic E-state index is 13.8. The Labute approximate surface area is 199 Å². The van der Waals surface area contributed by atoms with Crippen LogP contribution < -0.4 is 9.91 Å². The third-order valence-electron chi connectivity index (χ3n) is 5.10. The molecule has 1 atom stereocenters. The standard InChI is InChI=1S/C25H19N3O3S2/c1-31-24(30)22-26-28(20-15-9-4-10-16-20)25(33-22)27(19-13-7-3-8-14-19)23(29)21(32-25)17-18-11-5-2-6-12-18/h2-17H,1H3/b21-17+/t25-/m1/s1. The van der Waals surface area contributed by atoms with Crippen molar-refractivity contribution in [3.05, 3.63) is 101 Å². The Morgan fingerprint density at radius 3 is 2.06 bits per heavy atom. The molecule has 0 saturated carbocycles. The molecular formula is C25H19N3O3S2. The molecule has 3 aromatic rings. The molecule has 3 aromatic carbocycles. The van der Waals surface area contributed by atoms with E-state index in [1.165, 1.54) is 30.6 Å². The third kappa shape index (κ3) is 3.81. The minimum Gasteiger partial charge on any atom is -0.464 e. The first-order valence-corrected chi connectivity index (χ1v) is 11.8. The van der Waals surface area contributed by atoms with E-state index in [0.717, 1.165) is 11.3 Å². The van der Waals surface area contributed by atoms with Gasteiger partial charge in [-0.05, 0) is 47.7 Å². The maximum absolute atomic E-state index is 13.8. The Morgan fingerprint density at radius 2 is 1.45 bits per heavy atom. The second-order valence-electron chi connectivity index (χ2n) is 7.19. The molecule has 6 nitrogen and oxygen atoms in total. The van der Waals surface area contributed by atoms with Crippen molar-refractivity contribution in [2.75, 3.05) is 17.0 Å². The van der Waals surface area contributed by atoms with E-state index in [1.54, 1.807) is 9.91 Å². The van der Waals surface area contributed by atoms with Gasteiger partial charge in [-0.3, -0.25) is 9.69 Å². The highest BCUT2D eigenvalue weighted by Crippen LogP contribution is 2.59. The van der Waals surface area contributed by atoms with Gasteiger partial charge in [-0.15, -0.1) is 0 Å². The van der Waals surface area contributed by atoms with Gasteiger partial charge in [0.2, 0.25) is 9.37 Å². The van der Waals surface area contributed by atoms with Crippen molar-refractivity contribution in [3.63, 3.8) is 0 Å². The van der Waals surface area contributed by atoms with E-state index in [0.29, 0.717) is 10.6 Å². The second-order valence-corrected chi connectivity index (χ2v) is 9.82. The van der Waals surface area contributed by atoms with E-state index in [-0.39, 0.29) is 11.0 Å². The number of hydrogen-bond acceptors (Lipinski definition) is 7. The Kier molecular flexibility index (Phi) is 5.70. The normalized spacial score (nSPS) is 21.1. The quantitative estimate of drug-likeness (QED) is 0.385. The average Bonchev–Trinajstić information content (AvgIpc) is 3.37. The first kappa shape index (κ1) is 21.4. The van der Waals surface area contributed by atoms with Crippen LogP contribution in [0.5, 0.6) is 0 Å². The van der Waals surface area contributed by atoms with Gasteiger partial charge in [-0.25, -0.2) is 9.80 Å². The smallest absolute Gasteiger partial charge is 0.365 e. The van der Waals surface area contributed by atoms with Crippen molar-refractivity contribution in [2.24, 2.45) is 5.10 Å². The zero-order valence-electron chi connectivity index (χ0n) is 17.6. The Bertz CT molecular complexity index is 1250. The van der Waals surface area contributed by atoms with Crippen LogP contribution in [0.2, 0.25) is 0 Å². The summed E-state index contributed by atoms with van der Waals surface area (Å²) in [5.74, 6) is -0.704. The Balaban J connectivity index is 1.68. The molecule has 0 unspecified atom stereocenters. The number of methoxy groups -OCH3 is 1. The lowest BCUT2D eigenvalue weighted by Gasteiger charge is -2.38. The van der Waals surface area contributed by atoms with Gasteiger partial charge in [-0.1, -0.05) is 78.5 Å². The fraction of sp³-hybridized carbons (Fsp3) is 0.0800. The monoisotopic (exact) mass is 473 g/mol. The van der Waals surface area contributed by atoms with Crippen LogP contribution in [0.1, 0.15) is 5.56 Å². The van der Waals surface area contributed by atoms with Crippen LogP contribution in [0.3, 0.4) is 0 Å². The average molecular weight is 474 g/mol. The second kappa shape index (κ2) is 8.80. The minimum atomic E-state index is -1.07. The van der Waals surface area contributed by atoms with Crippen LogP contribution in [-0.2, 0) is 14.3 Å². The summed E-state index contributed by atoms with van der Waals surface area (Å²) in [5.41, 5.74) is 2.38. The number of hydrazone groups is 1. The zero-order valence-corrected chi connectivity index (χ0v) is 19.3. The molecule has 0 N–H and O–H groups in total. The van der Waals surface area contributed by atoms with Crippen LogP contribution in [0, 0.1) is 0 Å². The maximum Gasteiger partial charge on any atom is 0.365 e. The number of carbonyl (C=O) groups excluding carboxylic acids is 2. The molecule has 1 saturated heterocycles. The number of benzene rings is 3. The van der Waals surface area contributed by atoms with Crippen molar-refractivity contribution in [3.8, 4) is 0 Å². The number of carbonyl (C=O) groups is 2. The first-order valence-electron chi connectivity index (χ1n) is 10.2. The molecule has 1 fully saturated rings. The van der Waals surface area contributed by atoms with E-state index in [4.69, 9.17) is 4.74 Å². The van der Waals surface area contributed by atoms with Crippen LogP contribution in [0.25, 0.3) is 6.08 Å². The molecule has 164 valence electrons. The lowest BCUT2D eigenvalue weighted by molar-refractivity contribution is -0.132. The molecule has 0 radical (unpaired) electrons. The van der Waals surface area contributed by atoms with Gasteiger partial charge < -0.3 is 4.74 Å². The largest absolute Gasteiger partial charge is 0.464 e. The van der Waals surface area contributed by atoms with Gasteiger partial charge in [0.1, 0.15) is 0 Å². The molecule has 0 aliphatic carbocycles. The number of rotatable bonds is 4. The predicted molar refractivity (Wildman–Crippen MR) is 135 cm³/mol. The molecule has 0 bridgehead atoms. The topological polar surface area (TPSA) is 62.2 Å². The van der Waals surface area contributed by atoms with Gasteiger partial charge in [0.05, 0.1) is 17.7 Å². The number of nitrogens with zero attached hydrogens (tertiary/aromatic N) is 3. The highest BCUT2D eigenvalue weighted by Gasteiger charge is 2.60. The summed E-state index contributed by atoms with van der Waals surface area (Å²) in [4.78, 5) is 28.6. The summed E-state index contributed by atoms with van der Waals surface area (Å²) in [6.45, 7) is 0. The molecule has 33 heavy (non-hydrogen) atoms. The van der Waals surface area contributed by atoms with Gasteiger partial charge in [0, 0.05) is 5.69 Å². The van der Waals surface area contributed by atoms with E-state index in [2.05, 4.69) is 5.10 Å². The van der Waals surface area contributed by atoms with Gasteiger partial charge in [0.15, 0.2) is 0 Å². The minimum absolute atomic E-state index is 0.162. The Morgan fingerprint density at radius 1 is 0.879 bits per heavy atom. The van der Waals surface area contributed by atoms with E-state index >= 15 is 0 Å². The van der Waals surface area contributed by atoms with Crippen LogP contribution in [0.15, 0.2) is 101 Å². The summed E-state index contributed by atoms with van der Waals surface area (Å²) in [7, 11) is 1.33. The number of esters is 1. The molecule has 1 amide bonds. The van der Waals surface area contributed by atoms with Gasteiger partial charge in [-0.2, -0.15) is 5.10 Å². The first-order chi connectivity index (χ1) is 16.1. The van der Waals surface area contributed by atoms with Crippen LogP contribution in [0.4, 0.5) is 11.4 Å². The summed E-state index contributed by atoms with van der Waals surface area (Å²) in [6.07, 6.45) is 1.87. The van der Waals surface area contributed by atoms with Gasteiger partial charge >= 0.3 is 5.97 Å². The molecule has 2 aliphatic rings. The summed E-state index contributed by atoms with van der Waals surface area (Å²) < 4.78 is 3.90. The fourth-order valence-electron chi connectivity index (χ4n) is 3.63. The number of anilines is 2. The summed E-state index contributed by atoms with van der Waals surface area (Å²) in [6, 6.07) is 28.6. The Hall–Kier alpha value is -3.49. The van der Waals surface area contributed by atoms with Crippen molar-refractivity contribution in [2.45, 2.75) is 4.33 Å². The lowest BCUT2D eigenvalue weighted by Crippen LogP contribution is -2.51. The van der Waals surface area contributed by atoms with Crippen molar-refractivity contribution in [1.29, 1.82) is 0 Å². The summed E-state index contributed by atoms with van der Waals surface area (Å²) in [5, 5.41) is 6.52. The van der Waals surface area contributed by atoms with Crippen molar-refractivity contribution >= 4 is 57.9 Å². The van der Waals surface area contributed by atoms with E-state index < -0.39 is 10.3 Å². The molecular weight excluding hydrogens is 454 g/mol. The third-order valence-corrected chi connectivity index (χ3v) is 7.80. The molecule has 0 aromatic heterocycles. The van der Waals surface area contributed by atoms with Crippen LogP contribution >= 0.6 is 23.5 Å². The molecule has 2 heterocycles. The van der Waals surface area contributed by atoms with Crippen molar-refractivity contribution in [1.82, 2.24) is 0 Å². The lowest BCUT2D eigenvalue weighted by atomic mass is 10.2. The number of para-hydroxylation sites is 2. The highest BCUT2D eigenvalue weighted by molar-refractivity contribution is 8.29. The van der Waals surface area contributed by atoms with E-state index in [1.807, 2.05) is 97.1 Å². The molecule has 5 rings (SSSR count). The molecule has 1 spiro atoms. The summed E-state index contributed by atoms with van der Waals surface area (Å²) >= 11 is 2.57. The SMILES string of the molecule is COC(=O)C1=NN(c2ccccc2)[C@@]2(S1)S/C(=C/c1ccccc1)C(=O)N2c1ccccc1. The fourth-order valence-corrected chi connectivity index (χ4v) is 6.53. The number of hydrogen-bond donors (Lipinski definition) is 0. The number of thioether (sulfide) groups is 2. The highest BCUT2D eigenvalue weighted by atomic mass is 32.2. The zero-order chi connectivity index (χ0) is 22.8. The van der Waals surface area contributed by atoms with Gasteiger partial charge in [0.25, 0.3) is 5.91 Å².